The number of rotatable bonds is 3. The number of carboxylic acids is 1. The molecule has 1 atom stereocenters. The Balaban J connectivity index is 2.00. The number of carboxylic acid groups (broad SMARTS) is 1. The van der Waals surface area contributed by atoms with Crippen molar-refractivity contribution in [2.75, 3.05) is 18.4 Å². The van der Waals surface area contributed by atoms with Crippen LogP contribution in [0.4, 0.5) is 5.82 Å². The maximum absolute atomic E-state index is 10.6. The summed E-state index contributed by atoms with van der Waals surface area (Å²) in [7, 11) is 0. The first kappa shape index (κ1) is 9.92. The van der Waals surface area contributed by atoms with Crippen LogP contribution in [-0.4, -0.2) is 35.2 Å². The summed E-state index contributed by atoms with van der Waals surface area (Å²) in [6.07, 6.45) is 2.44. The molecule has 5 nitrogen and oxygen atoms in total. The summed E-state index contributed by atoms with van der Waals surface area (Å²) in [6.45, 7) is 1.95. The second kappa shape index (κ2) is 4.27. The predicted octanol–water partition coefficient (Wildman–Crippen LogP) is 0.554. The molecule has 1 unspecified atom stereocenters. The van der Waals surface area contributed by atoms with Gasteiger partial charge >= 0.3 is 5.97 Å². The summed E-state index contributed by atoms with van der Waals surface area (Å²) in [5.74, 6) is -0.217. The molecule has 0 amide bonds. The van der Waals surface area contributed by atoms with E-state index in [1.807, 2.05) is 0 Å². The van der Waals surface area contributed by atoms with Crippen LogP contribution < -0.4 is 10.6 Å². The number of aromatic nitrogens is 1. The fraction of sp³-hybridized carbons (Fsp3) is 0.400. The molecule has 1 fully saturated rings. The highest BCUT2D eigenvalue weighted by molar-refractivity contribution is 5.87. The molecule has 3 N–H and O–H groups in total. The van der Waals surface area contributed by atoms with Gasteiger partial charge in [0, 0.05) is 18.8 Å². The van der Waals surface area contributed by atoms with Crippen molar-refractivity contribution in [1.29, 1.82) is 0 Å². The third-order valence-electron chi connectivity index (χ3n) is 2.42. The van der Waals surface area contributed by atoms with Crippen molar-refractivity contribution in [2.24, 2.45) is 0 Å². The van der Waals surface area contributed by atoms with E-state index in [4.69, 9.17) is 5.11 Å². The maximum Gasteiger partial charge on any atom is 0.337 e. The van der Waals surface area contributed by atoms with Gasteiger partial charge in [-0.2, -0.15) is 0 Å². The van der Waals surface area contributed by atoms with Crippen LogP contribution >= 0.6 is 0 Å². The smallest absolute Gasteiger partial charge is 0.337 e. The minimum absolute atomic E-state index is 0.213. The fourth-order valence-electron chi connectivity index (χ4n) is 1.59. The summed E-state index contributed by atoms with van der Waals surface area (Å²) in [5, 5.41) is 15.2. The van der Waals surface area contributed by atoms with E-state index >= 15 is 0 Å². The molecular formula is C10H13N3O2. The SMILES string of the molecule is O=C(O)c1ccc(NC2CCNC2)nc1. The fourth-order valence-corrected chi connectivity index (χ4v) is 1.59. The molecule has 15 heavy (non-hydrogen) atoms. The zero-order valence-corrected chi connectivity index (χ0v) is 8.23. The zero-order valence-electron chi connectivity index (χ0n) is 8.23. The normalized spacial score (nSPS) is 20.1. The molecule has 2 heterocycles. The van der Waals surface area contributed by atoms with Crippen LogP contribution in [0.15, 0.2) is 18.3 Å². The van der Waals surface area contributed by atoms with Crippen LogP contribution in [0.3, 0.4) is 0 Å². The van der Waals surface area contributed by atoms with Gasteiger partial charge in [-0.05, 0) is 25.1 Å². The van der Waals surface area contributed by atoms with E-state index < -0.39 is 5.97 Å². The highest BCUT2D eigenvalue weighted by atomic mass is 16.4. The van der Waals surface area contributed by atoms with E-state index in [0.717, 1.165) is 25.3 Å². The average molecular weight is 207 g/mol. The van der Waals surface area contributed by atoms with E-state index in [1.54, 1.807) is 12.1 Å². The van der Waals surface area contributed by atoms with E-state index in [-0.39, 0.29) is 5.56 Å². The van der Waals surface area contributed by atoms with Gasteiger partial charge in [0.15, 0.2) is 0 Å². The number of carbonyl (C=O) groups is 1. The number of pyridine rings is 1. The quantitative estimate of drug-likeness (QED) is 0.675. The van der Waals surface area contributed by atoms with E-state index in [0.29, 0.717) is 6.04 Å². The number of anilines is 1. The van der Waals surface area contributed by atoms with Crippen molar-refractivity contribution >= 4 is 11.8 Å². The number of nitrogens with zero attached hydrogens (tertiary/aromatic N) is 1. The Morgan fingerprint density at radius 2 is 2.47 bits per heavy atom. The van der Waals surface area contributed by atoms with Crippen LogP contribution in [0, 0.1) is 0 Å². The highest BCUT2D eigenvalue weighted by Crippen LogP contribution is 2.09. The second-order valence-corrected chi connectivity index (χ2v) is 3.57. The molecule has 0 aliphatic carbocycles. The molecule has 1 aromatic heterocycles. The Morgan fingerprint density at radius 3 is 3.00 bits per heavy atom. The molecule has 1 aromatic rings. The van der Waals surface area contributed by atoms with Gasteiger partial charge in [-0.3, -0.25) is 0 Å². The first-order valence-electron chi connectivity index (χ1n) is 4.92. The zero-order chi connectivity index (χ0) is 10.7. The minimum Gasteiger partial charge on any atom is -0.478 e. The van der Waals surface area contributed by atoms with Gasteiger partial charge in [0.2, 0.25) is 0 Å². The summed E-state index contributed by atoms with van der Waals surface area (Å²) in [6, 6.07) is 3.65. The number of hydrogen-bond acceptors (Lipinski definition) is 4. The van der Waals surface area contributed by atoms with Crippen LogP contribution in [-0.2, 0) is 0 Å². The Morgan fingerprint density at radius 1 is 1.60 bits per heavy atom. The Kier molecular flexibility index (Phi) is 2.82. The van der Waals surface area contributed by atoms with Crippen molar-refractivity contribution in [2.45, 2.75) is 12.5 Å². The van der Waals surface area contributed by atoms with Crippen LogP contribution in [0.1, 0.15) is 16.8 Å². The molecule has 0 saturated carbocycles. The molecule has 80 valence electrons. The summed E-state index contributed by atoms with van der Waals surface area (Å²) >= 11 is 0. The van der Waals surface area contributed by atoms with Crippen molar-refractivity contribution in [3.63, 3.8) is 0 Å². The largest absolute Gasteiger partial charge is 0.478 e. The average Bonchev–Trinajstić information content (AvgIpc) is 2.71. The number of hydrogen-bond donors (Lipinski definition) is 3. The molecule has 0 aromatic carbocycles. The van der Waals surface area contributed by atoms with Gasteiger partial charge in [-0.15, -0.1) is 0 Å². The van der Waals surface area contributed by atoms with Gasteiger partial charge in [-0.1, -0.05) is 0 Å². The highest BCUT2D eigenvalue weighted by Gasteiger charge is 2.14. The van der Waals surface area contributed by atoms with Gasteiger partial charge in [0.25, 0.3) is 0 Å². The number of nitrogens with one attached hydrogen (secondary N) is 2. The van der Waals surface area contributed by atoms with Crippen LogP contribution in [0.5, 0.6) is 0 Å². The lowest BCUT2D eigenvalue weighted by Gasteiger charge is -2.11. The lowest BCUT2D eigenvalue weighted by molar-refractivity contribution is 0.0696. The van der Waals surface area contributed by atoms with Crippen molar-refractivity contribution in [3.05, 3.63) is 23.9 Å². The number of aromatic carboxylic acids is 1. The molecule has 5 heteroatoms. The van der Waals surface area contributed by atoms with Crippen LogP contribution in [0.25, 0.3) is 0 Å². The van der Waals surface area contributed by atoms with Crippen molar-refractivity contribution in [3.8, 4) is 0 Å². The first-order valence-corrected chi connectivity index (χ1v) is 4.92. The lowest BCUT2D eigenvalue weighted by atomic mass is 10.2. The monoisotopic (exact) mass is 207 g/mol. The van der Waals surface area contributed by atoms with E-state index in [1.165, 1.54) is 6.20 Å². The van der Waals surface area contributed by atoms with Gasteiger partial charge in [0.05, 0.1) is 5.56 Å². The lowest BCUT2D eigenvalue weighted by Crippen LogP contribution is -2.22. The molecule has 0 bridgehead atoms. The summed E-state index contributed by atoms with van der Waals surface area (Å²) in [5.41, 5.74) is 0.213. The molecule has 2 rings (SSSR count). The van der Waals surface area contributed by atoms with Crippen LogP contribution in [0.2, 0.25) is 0 Å². The predicted molar refractivity (Wildman–Crippen MR) is 56.1 cm³/mol. The van der Waals surface area contributed by atoms with Gasteiger partial charge < -0.3 is 15.7 Å². The third-order valence-corrected chi connectivity index (χ3v) is 2.42. The van der Waals surface area contributed by atoms with E-state index in [2.05, 4.69) is 15.6 Å². The maximum atomic E-state index is 10.6. The standard InChI is InChI=1S/C10H13N3O2/c14-10(15)7-1-2-9(12-5-7)13-8-3-4-11-6-8/h1-2,5,8,11H,3-4,6H2,(H,12,13)(H,14,15). The van der Waals surface area contributed by atoms with Gasteiger partial charge in [0.1, 0.15) is 5.82 Å². The first-order chi connectivity index (χ1) is 7.25. The summed E-state index contributed by atoms with van der Waals surface area (Å²) < 4.78 is 0. The molecule has 0 radical (unpaired) electrons. The summed E-state index contributed by atoms with van der Waals surface area (Å²) in [4.78, 5) is 14.6. The second-order valence-electron chi connectivity index (χ2n) is 3.57. The Hall–Kier alpha value is -1.62. The minimum atomic E-state index is -0.948. The molecule has 1 aliphatic heterocycles. The van der Waals surface area contributed by atoms with Crippen molar-refractivity contribution < 1.29 is 9.90 Å². The molecule has 1 saturated heterocycles. The molecule has 0 spiro atoms. The van der Waals surface area contributed by atoms with Gasteiger partial charge in [-0.25, -0.2) is 9.78 Å². The Bertz CT molecular complexity index is 344. The molecule has 1 aliphatic rings. The molecular weight excluding hydrogens is 194 g/mol. The van der Waals surface area contributed by atoms with Crippen molar-refractivity contribution in [1.82, 2.24) is 10.3 Å². The topological polar surface area (TPSA) is 74.2 Å². The van der Waals surface area contributed by atoms with E-state index in [9.17, 15) is 4.79 Å². The third kappa shape index (κ3) is 2.44. The Labute approximate surface area is 87.5 Å².